The van der Waals surface area contributed by atoms with Gasteiger partial charge in [0.25, 0.3) is 5.91 Å². The number of benzene rings is 2. The molecule has 1 heterocycles. The molecule has 1 aliphatic heterocycles. The van der Waals surface area contributed by atoms with Gasteiger partial charge in [0.15, 0.2) is 6.10 Å². The summed E-state index contributed by atoms with van der Waals surface area (Å²) in [7, 11) is -3.57. The number of rotatable bonds is 7. The van der Waals surface area contributed by atoms with E-state index in [4.69, 9.17) is 16.3 Å². The first-order valence-corrected chi connectivity index (χ1v) is 11.9. The van der Waals surface area contributed by atoms with Crippen LogP contribution in [0.15, 0.2) is 53.4 Å². The second kappa shape index (κ2) is 9.81. The molecule has 2 aromatic carbocycles. The number of carbonyl (C=O) groups excluding carboxylic acids is 1. The highest BCUT2D eigenvalue weighted by molar-refractivity contribution is 7.89. The molecule has 6 nitrogen and oxygen atoms in total. The van der Waals surface area contributed by atoms with Crippen molar-refractivity contribution in [3.05, 3.63) is 59.1 Å². The molecular weight excluding hydrogens is 424 g/mol. The molecule has 1 saturated heterocycles. The van der Waals surface area contributed by atoms with Crippen LogP contribution < -0.4 is 9.46 Å². The molecule has 8 heteroatoms. The van der Waals surface area contributed by atoms with Crippen LogP contribution in [0.2, 0.25) is 5.02 Å². The molecule has 0 aliphatic carbocycles. The van der Waals surface area contributed by atoms with Crippen molar-refractivity contribution in [2.45, 2.75) is 37.7 Å². The molecule has 0 aromatic heterocycles. The Balaban J connectivity index is 1.56. The van der Waals surface area contributed by atoms with E-state index in [-0.39, 0.29) is 16.7 Å². The van der Waals surface area contributed by atoms with E-state index in [1.54, 1.807) is 60.4 Å². The number of para-hydroxylation sites is 1. The van der Waals surface area contributed by atoms with E-state index in [1.807, 2.05) is 6.92 Å². The number of aryl methyl sites for hydroxylation is 1. The predicted molar refractivity (Wildman–Crippen MR) is 117 cm³/mol. The van der Waals surface area contributed by atoms with Crippen molar-refractivity contribution in [1.82, 2.24) is 9.62 Å². The van der Waals surface area contributed by atoms with Crippen LogP contribution in [0, 0.1) is 12.8 Å². The molecule has 0 bridgehead atoms. The number of piperidine rings is 1. The number of amides is 1. The highest BCUT2D eigenvalue weighted by Crippen LogP contribution is 2.25. The predicted octanol–water partition coefficient (Wildman–Crippen LogP) is 3.63. The monoisotopic (exact) mass is 450 g/mol. The lowest BCUT2D eigenvalue weighted by atomic mass is 9.98. The van der Waals surface area contributed by atoms with E-state index in [0.717, 1.165) is 18.4 Å². The second-order valence-electron chi connectivity index (χ2n) is 7.65. The fourth-order valence-electron chi connectivity index (χ4n) is 3.50. The lowest BCUT2D eigenvalue weighted by Crippen LogP contribution is -2.47. The zero-order chi connectivity index (χ0) is 21.7. The van der Waals surface area contributed by atoms with Crippen molar-refractivity contribution in [2.75, 3.05) is 19.6 Å². The zero-order valence-electron chi connectivity index (χ0n) is 17.2. The Hall–Kier alpha value is -2.09. The standard InChI is InChI=1S/C22H27ClN2O4S/c1-16-9-11-19(12-10-16)30(27,28)24-14-18-6-5-13-25(15-18)22(26)17(2)29-21-8-4-3-7-20(21)23/h3-4,7-12,17-18,24H,5-6,13-15H2,1-2H3. The molecule has 1 amide bonds. The minimum atomic E-state index is -3.57. The number of halogens is 1. The lowest BCUT2D eigenvalue weighted by Gasteiger charge is -2.34. The van der Waals surface area contributed by atoms with E-state index in [9.17, 15) is 13.2 Å². The summed E-state index contributed by atoms with van der Waals surface area (Å²) < 4.78 is 33.5. The van der Waals surface area contributed by atoms with Crippen LogP contribution in [0.25, 0.3) is 0 Å². The van der Waals surface area contributed by atoms with Crippen LogP contribution in [0.4, 0.5) is 0 Å². The SMILES string of the molecule is Cc1ccc(S(=O)(=O)NCC2CCCN(C(=O)C(C)Oc3ccccc3Cl)C2)cc1. The summed E-state index contributed by atoms with van der Waals surface area (Å²) in [6, 6.07) is 13.8. The summed E-state index contributed by atoms with van der Waals surface area (Å²) in [5.41, 5.74) is 1.00. The average molecular weight is 451 g/mol. The normalized spacial score (nSPS) is 18.1. The molecule has 1 N–H and O–H groups in total. The van der Waals surface area contributed by atoms with E-state index in [1.165, 1.54) is 0 Å². The minimum Gasteiger partial charge on any atom is -0.479 e. The van der Waals surface area contributed by atoms with E-state index in [0.29, 0.717) is 30.4 Å². The van der Waals surface area contributed by atoms with Gasteiger partial charge in [0.1, 0.15) is 5.75 Å². The molecule has 1 aliphatic rings. The Bertz CT molecular complexity index is 979. The molecule has 30 heavy (non-hydrogen) atoms. The number of nitrogens with zero attached hydrogens (tertiary/aromatic N) is 1. The third kappa shape index (κ3) is 5.74. The molecule has 0 spiro atoms. The van der Waals surface area contributed by atoms with Crippen molar-refractivity contribution >= 4 is 27.5 Å². The largest absolute Gasteiger partial charge is 0.479 e. The van der Waals surface area contributed by atoms with E-state index >= 15 is 0 Å². The minimum absolute atomic E-state index is 0.0513. The number of ether oxygens (including phenoxy) is 1. The van der Waals surface area contributed by atoms with Gasteiger partial charge in [-0.05, 0) is 56.9 Å². The summed E-state index contributed by atoms with van der Waals surface area (Å²) in [5.74, 6) is 0.399. The number of hydrogen-bond donors (Lipinski definition) is 1. The highest BCUT2D eigenvalue weighted by atomic mass is 35.5. The summed E-state index contributed by atoms with van der Waals surface area (Å²) in [4.78, 5) is 14.8. The first kappa shape index (κ1) is 22.6. The molecule has 162 valence electrons. The molecule has 2 unspecified atom stereocenters. The second-order valence-corrected chi connectivity index (χ2v) is 9.82. The fourth-order valence-corrected chi connectivity index (χ4v) is 4.79. The van der Waals surface area contributed by atoms with Crippen LogP contribution in [0.3, 0.4) is 0 Å². The van der Waals surface area contributed by atoms with Gasteiger partial charge in [0.05, 0.1) is 9.92 Å². The van der Waals surface area contributed by atoms with Crippen LogP contribution in [-0.4, -0.2) is 45.0 Å². The number of hydrogen-bond acceptors (Lipinski definition) is 4. The van der Waals surface area contributed by atoms with Gasteiger partial charge < -0.3 is 9.64 Å². The van der Waals surface area contributed by atoms with Gasteiger partial charge >= 0.3 is 0 Å². The Morgan fingerprint density at radius 3 is 2.63 bits per heavy atom. The smallest absolute Gasteiger partial charge is 0.263 e. The number of likely N-dealkylation sites (tertiary alicyclic amines) is 1. The van der Waals surface area contributed by atoms with Crippen molar-refractivity contribution in [1.29, 1.82) is 0 Å². The third-order valence-electron chi connectivity index (χ3n) is 5.21. The molecule has 3 rings (SSSR count). The van der Waals surface area contributed by atoms with Gasteiger partial charge in [-0.2, -0.15) is 0 Å². The fraction of sp³-hybridized carbons (Fsp3) is 0.409. The molecule has 0 radical (unpaired) electrons. The van der Waals surface area contributed by atoms with Gasteiger partial charge in [-0.15, -0.1) is 0 Å². The maximum absolute atomic E-state index is 12.8. The van der Waals surface area contributed by atoms with Gasteiger partial charge in [-0.3, -0.25) is 4.79 Å². The maximum Gasteiger partial charge on any atom is 0.263 e. The Labute approximate surface area is 183 Å². The average Bonchev–Trinajstić information content (AvgIpc) is 2.74. The van der Waals surface area contributed by atoms with Crippen molar-refractivity contribution < 1.29 is 17.9 Å². The molecule has 0 saturated carbocycles. The van der Waals surface area contributed by atoms with Crippen molar-refractivity contribution in [2.24, 2.45) is 5.92 Å². The first-order valence-electron chi connectivity index (χ1n) is 10.0. The molecular formula is C22H27ClN2O4S. The van der Waals surface area contributed by atoms with E-state index in [2.05, 4.69) is 4.72 Å². The molecule has 1 fully saturated rings. The highest BCUT2D eigenvalue weighted by Gasteiger charge is 2.29. The first-order chi connectivity index (χ1) is 14.3. The summed E-state index contributed by atoms with van der Waals surface area (Å²) in [6.07, 6.45) is 1.01. The quantitative estimate of drug-likeness (QED) is 0.698. The number of sulfonamides is 1. The van der Waals surface area contributed by atoms with Gasteiger partial charge in [-0.1, -0.05) is 41.4 Å². The Kier molecular flexibility index (Phi) is 7.39. The van der Waals surface area contributed by atoms with Crippen molar-refractivity contribution in [3.8, 4) is 5.75 Å². The van der Waals surface area contributed by atoms with Crippen LogP contribution in [0.5, 0.6) is 5.75 Å². The van der Waals surface area contributed by atoms with Crippen LogP contribution in [0.1, 0.15) is 25.3 Å². The molecule has 2 aromatic rings. The van der Waals surface area contributed by atoms with Crippen LogP contribution >= 0.6 is 11.6 Å². The Morgan fingerprint density at radius 2 is 1.93 bits per heavy atom. The summed E-state index contributed by atoms with van der Waals surface area (Å²) >= 11 is 6.11. The van der Waals surface area contributed by atoms with E-state index < -0.39 is 16.1 Å². The number of carbonyl (C=O) groups is 1. The van der Waals surface area contributed by atoms with Crippen molar-refractivity contribution in [3.63, 3.8) is 0 Å². The summed E-state index contributed by atoms with van der Waals surface area (Å²) in [6.45, 7) is 5.03. The van der Waals surface area contributed by atoms with Gasteiger partial charge in [0, 0.05) is 19.6 Å². The topological polar surface area (TPSA) is 75.7 Å². The van der Waals surface area contributed by atoms with Gasteiger partial charge in [-0.25, -0.2) is 13.1 Å². The third-order valence-corrected chi connectivity index (χ3v) is 6.96. The maximum atomic E-state index is 12.8. The van der Waals surface area contributed by atoms with Crippen LogP contribution in [-0.2, 0) is 14.8 Å². The summed E-state index contributed by atoms with van der Waals surface area (Å²) in [5, 5.41) is 0.458. The Morgan fingerprint density at radius 1 is 1.23 bits per heavy atom. The zero-order valence-corrected chi connectivity index (χ0v) is 18.7. The van der Waals surface area contributed by atoms with Gasteiger partial charge in [0.2, 0.25) is 10.0 Å². The lowest BCUT2D eigenvalue weighted by molar-refractivity contribution is -0.139. The molecule has 2 atom stereocenters. The number of nitrogens with one attached hydrogen (secondary N) is 1.